The quantitative estimate of drug-likeness (QED) is 0.603. The summed E-state index contributed by atoms with van der Waals surface area (Å²) in [5.41, 5.74) is 7.43. The number of rotatable bonds is 5. The Bertz CT molecular complexity index is 414. The Balaban J connectivity index is 2.48. The first-order valence-corrected chi connectivity index (χ1v) is 5.48. The van der Waals surface area contributed by atoms with Gasteiger partial charge in [0.2, 0.25) is 5.91 Å². The summed E-state index contributed by atoms with van der Waals surface area (Å²) in [5.74, 6) is 0.674. The van der Waals surface area contributed by atoms with Crippen LogP contribution < -0.4 is 15.8 Å². The number of benzene rings is 1. The number of methoxy groups -OCH3 is 1. The highest BCUT2D eigenvalue weighted by molar-refractivity contribution is 5.72. The SMILES string of the molecule is COc1ccc(C=CCCNC(C)=O)cc1N. The molecule has 92 valence electrons. The predicted molar refractivity (Wildman–Crippen MR) is 69.7 cm³/mol. The highest BCUT2D eigenvalue weighted by atomic mass is 16.5. The second kappa shape index (κ2) is 6.58. The van der Waals surface area contributed by atoms with E-state index in [1.807, 2.05) is 30.4 Å². The van der Waals surface area contributed by atoms with Gasteiger partial charge >= 0.3 is 0 Å². The van der Waals surface area contributed by atoms with Gasteiger partial charge in [-0.1, -0.05) is 18.2 Å². The smallest absolute Gasteiger partial charge is 0.216 e. The second-order valence-corrected chi connectivity index (χ2v) is 3.68. The molecule has 0 heterocycles. The summed E-state index contributed by atoms with van der Waals surface area (Å²) in [7, 11) is 1.59. The van der Waals surface area contributed by atoms with Crippen LogP contribution in [0.15, 0.2) is 24.3 Å². The van der Waals surface area contributed by atoms with Crippen molar-refractivity contribution in [2.75, 3.05) is 19.4 Å². The van der Waals surface area contributed by atoms with Gasteiger partial charge in [-0.2, -0.15) is 0 Å². The van der Waals surface area contributed by atoms with Crippen molar-refractivity contribution in [1.29, 1.82) is 0 Å². The van der Waals surface area contributed by atoms with Crippen molar-refractivity contribution >= 4 is 17.7 Å². The third kappa shape index (κ3) is 4.59. The summed E-state index contributed by atoms with van der Waals surface area (Å²) in [6.45, 7) is 2.16. The molecule has 0 aliphatic rings. The molecular weight excluding hydrogens is 216 g/mol. The van der Waals surface area contributed by atoms with E-state index in [9.17, 15) is 4.79 Å². The van der Waals surface area contributed by atoms with Crippen LogP contribution in [-0.4, -0.2) is 19.6 Å². The summed E-state index contributed by atoms with van der Waals surface area (Å²) in [6.07, 6.45) is 4.76. The van der Waals surface area contributed by atoms with E-state index in [1.54, 1.807) is 7.11 Å². The molecule has 0 bridgehead atoms. The van der Waals surface area contributed by atoms with Crippen molar-refractivity contribution in [2.24, 2.45) is 0 Å². The highest BCUT2D eigenvalue weighted by Crippen LogP contribution is 2.22. The van der Waals surface area contributed by atoms with Crippen LogP contribution in [0.3, 0.4) is 0 Å². The zero-order chi connectivity index (χ0) is 12.7. The minimum Gasteiger partial charge on any atom is -0.495 e. The number of amides is 1. The number of nitrogens with two attached hydrogens (primary N) is 1. The maximum Gasteiger partial charge on any atom is 0.216 e. The van der Waals surface area contributed by atoms with Crippen molar-refractivity contribution in [2.45, 2.75) is 13.3 Å². The highest BCUT2D eigenvalue weighted by Gasteiger charge is 1.97. The fourth-order valence-corrected chi connectivity index (χ4v) is 1.41. The van der Waals surface area contributed by atoms with Gasteiger partial charge in [0.1, 0.15) is 5.75 Å². The monoisotopic (exact) mass is 234 g/mol. The van der Waals surface area contributed by atoms with Crippen LogP contribution >= 0.6 is 0 Å². The fourth-order valence-electron chi connectivity index (χ4n) is 1.41. The molecule has 0 fully saturated rings. The maximum atomic E-state index is 10.6. The van der Waals surface area contributed by atoms with E-state index in [0.29, 0.717) is 18.0 Å². The number of hydrogen-bond acceptors (Lipinski definition) is 3. The van der Waals surface area contributed by atoms with Gasteiger partial charge in [-0.3, -0.25) is 4.79 Å². The molecule has 1 rings (SSSR count). The molecule has 3 N–H and O–H groups in total. The Hall–Kier alpha value is -1.97. The van der Waals surface area contributed by atoms with E-state index in [2.05, 4.69) is 5.32 Å². The molecule has 0 unspecified atom stereocenters. The predicted octanol–water partition coefficient (Wildman–Crippen LogP) is 1.82. The number of anilines is 1. The molecule has 0 saturated heterocycles. The van der Waals surface area contributed by atoms with E-state index >= 15 is 0 Å². The first kappa shape index (κ1) is 13.1. The Morgan fingerprint density at radius 3 is 2.88 bits per heavy atom. The lowest BCUT2D eigenvalue weighted by molar-refractivity contribution is -0.118. The van der Waals surface area contributed by atoms with Crippen LogP contribution in [0, 0.1) is 0 Å². The molecular formula is C13H18N2O2. The number of hydrogen-bond donors (Lipinski definition) is 2. The Kier molecular flexibility index (Phi) is 5.07. The van der Waals surface area contributed by atoms with Crippen LogP contribution in [0.5, 0.6) is 5.75 Å². The molecule has 1 aromatic rings. The molecule has 1 amide bonds. The summed E-state index contributed by atoms with van der Waals surface area (Å²) >= 11 is 0. The first-order valence-electron chi connectivity index (χ1n) is 5.48. The summed E-state index contributed by atoms with van der Waals surface area (Å²) in [4.78, 5) is 10.6. The van der Waals surface area contributed by atoms with Crippen LogP contribution in [-0.2, 0) is 4.79 Å². The van der Waals surface area contributed by atoms with Crippen molar-refractivity contribution in [3.05, 3.63) is 29.8 Å². The standard InChI is InChI=1S/C13H18N2O2/c1-10(16)15-8-4-3-5-11-6-7-13(17-2)12(14)9-11/h3,5-7,9H,4,8,14H2,1-2H3,(H,15,16). The van der Waals surface area contributed by atoms with Gasteiger partial charge in [0.25, 0.3) is 0 Å². The van der Waals surface area contributed by atoms with Crippen molar-refractivity contribution in [3.8, 4) is 5.75 Å². The first-order chi connectivity index (χ1) is 8.13. The van der Waals surface area contributed by atoms with Gasteiger partial charge < -0.3 is 15.8 Å². The molecule has 4 nitrogen and oxygen atoms in total. The molecule has 0 aliphatic carbocycles. The van der Waals surface area contributed by atoms with Crippen LogP contribution in [0.4, 0.5) is 5.69 Å². The maximum absolute atomic E-state index is 10.6. The van der Waals surface area contributed by atoms with Crippen LogP contribution in [0.2, 0.25) is 0 Å². The van der Waals surface area contributed by atoms with E-state index in [-0.39, 0.29) is 5.91 Å². The minimum absolute atomic E-state index is 0.00732. The fraction of sp³-hybridized carbons (Fsp3) is 0.308. The molecule has 0 saturated carbocycles. The Morgan fingerprint density at radius 2 is 2.29 bits per heavy atom. The Morgan fingerprint density at radius 1 is 1.53 bits per heavy atom. The van der Waals surface area contributed by atoms with Gasteiger partial charge in [0, 0.05) is 13.5 Å². The zero-order valence-electron chi connectivity index (χ0n) is 10.2. The summed E-state index contributed by atoms with van der Waals surface area (Å²) in [5, 5.41) is 2.73. The molecule has 0 aromatic heterocycles. The zero-order valence-corrected chi connectivity index (χ0v) is 10.2. The molecule has 4 heteroatoms. The minimum atomic E-state index is -0.00732. The van der Waals surface area contributed by atoms with E-state index in [4.69, 9.17) is 10.5 Å². The number of ether oxygens (including phenoxy) is 1. The van der Waals surface area contributed by atoms with Crippen LogP contribution in [0.25, 0.3) is 6.08 Å². The largest absolute Gasteiger partial charge is 0.495 e. The number of nitrogen functional groups attached to an aromatic ring is 1. The van der Waals surface area contributed by atoms with Crippen molar-refractivity contribution < 1.29 is 9.53 Å². The van der Waals surface area contributed by atoms with E-state index < -0.39 is 0 Å². The number of carbonyl (C=O) groups is 1. The van der Waals surface area contributed by atoms with Gasteiger partial charge in [0.15, 0.2) is 0 Å². The third-order valence-corrected chi connectivity index (χ3v) is 2.25. The molecule has 17 heavy (non-hydrogen) atoms. The van der Waals surface area contributed by atoms with Gasteiger partial charge in [-0.05, 0) is 24.1 Å². The third-order valence-electron chi connectivity index (χ3n) is 2.25. The van der Waals surface area contributed by atoms with E-state index in [1.165, 1.54) is 6.92 Å². The second-order valence-electron chi connectivity index (χ2n) is 3.68. The lowest BCUT2D eigenvalue weighted by Crippen LogP contribution is -2.20. The lowest BCUT2D eigenvalue weighted by atomic mass is 10.1. The average Bonchev–Trinajstić information content (AvgIpc) is 2.28. The van der Waals surface area contributed by atoms with Crippen LogP contribution in [0.1, 0.15) is 18.9 Å². The number of nitrogens with one attached hydrogen (secondary N) is 1. The Labute approximate surface area is 101 Å². The van der Waals surface area contributed by atoms with Gasteiger partial charge in [0.05, 0.1) is 12.8 Å². The molecule has 0 radical (unpaired) electrons. The van der Waals surface area contributed by atoms with Crippen molar-refractivity contribution in [1.82, 2.24) is 5.32 Å². The van der Waals surface area contributed by atoms with Crippen molar-refractivity contribution in [3.63, 3.8) is 0 Å². The molecule has 0 spiro atoms. The van der Waals surface area contributed by atoms with E-state index in [0.717, 1.165) is 12.0 Å². The topological polar surface area (TPSA) is 64.3 Å². The van der Waals surface area contributed by atoms with Gasteiger partial charge in [-0.25, -0.2) is 0 Å². The molecule has 1 aromatic carbocycles. The lowest BCUT2D eigenvalue weighted by Gasteiger charge is -2.04. The summed E-state index contributed by atoms with van der Waals surface area (Å²) in [6, 6.07) is 5.63. The summed E-state index contributed by atoms with van der Waals surface area (Å²) < 4.78 is 5.07. The molecule has 0 atom stereocenters. The number of carbonyl (C=O) groups excluding carboxylic acids is 1. The average molecular weight is 234 g/mol. The molecule has 0 aliphatic heterocycles. The normalized spacial score (nSPS) is 10.5. The van der Waals surface area contributed by atoms with Gasteiger partial charge in [-0.15, -0.1) is 0 Å².